The molecular formula is C19H21ClN2O4. The molecule has 1 aromatic carbocycles. The Morgan fingerprint density at radius 2 is 2.00 bits per heavy atom. The standard InChI is InChI=1S/C19H21ClN2O4/c1-12(2)14-7-6-13(3)9-16(14)25-11-18(24)26-10-17(23)22-15-5-4-8-21-19(15)20/h4-9,12H,10-11H2,1-3H3,(H,22,23). The third kappa shape index (κ3) is 5.74. The van der Waals surface area contributed by atoms with E-state index in [0.717, 1.165) is 11.1 Å². The topological polar surface area (TPSA) is 77.5 Å². The van der Waals surface area contributed by atoms with Gasteiger partial charge in [0.2, 0.25) is 0 Å². The third-order valence-electron chi connectivity index (χ3n) is 3.53. The maximum atomic E-state index is 11.8. The van der Waals surface area contributed by atoms with E-state index in [2.05, 4.69) is 10.3 Å². The molecule has 0 bridgehead atoms. The minimum absolute atomic E-state index is 0.163. The molecule has 2 rings (SSSR count). The molecule has 0 aliphatic rings. The Labute approximate surface area is 157 Å². The van der Waals surface area contributed by atoms with Crippen molar-refractivity contribution in [1.82, 2.24) is 4.98 Å². The highest BCUT2D eigenvalue weighted by atomic mass is 35.5. The molecule has 7 heteroatoms. The maximum absolute atomic E-state index is 11.8. The van der Waals surface area contributed by atoms with Gasteiger partial charge in [0.05, 0.1) is 5.69 Å². The van der Waals surface area contributed by atoms with Gasteiger partial charge < -0.3 is 14.8 Å². The number of hydrogen-bond donors (Lipinski definition) is 1. The zero-order chi connectivity index (χ0) is 19.1. The number of carbonyl (C=O) groups excluding carboxylic acids is 2. The minimum atomic E-state index is -0.631. The SMILES string of the molecule is Cc1ccc(C(C)C)c(OCC(=O)OCC(=O)Nc2cccnc2Cl)c1. The van der Waals surface area contributed by atoms with Crippen LogP contribution in [0.25, 0.3) is 0 Å². The summed E-state index contributed by atoms with van der Waals surface area (Å²) in [5.74, 6) is -0.236. The average Bonchev–Trinajstić information content (AvgIpc) is 2.60. The van der Waals surface area contributed by atoms with E-state index < -0.39 is 18.5 Å². The molecule has 0 aliphatic carbocycles. The van der Waals surface area contributed by atoms with Crippen molar-refractivity contribution < 1.29 is 19.1 Å². The number of aromatic nitrogens is 1. The van der Waals surface area contributed by atoms with E-state index in [9.17, 15) is 9.59 Å². The lowest BCUT2D eigenvalue weighted by molar-refractivity contribution is -0.149. The second kappa shape index (κ2) is 9.20. The van der Waals surface area contributed by atoms with Gasteiger partial charge in [-0.3, -0.25) is 4.79 Å². The largest absolute Gasteiger partial charge is 0.482 e. The van der Waals surface area contributed by atoms with Crippen molar-refractivity contribution in [3.05, 3.63) is 52.8 Å². The Hall–Kier alpha value is -2.60. The number of benzene rings is 1. The number of pyridine rings is 1. The van der Waals surface area contributed by atoms with Crippen LogP contribution in [-0.4, -0.2) is 30.1 Å². The summed E-state index contributed by atoms with van der Waals surface area (Å²) in [5.41, 5.74) is 2.39. The van der Waals surface area contributed by atoms with E-state index in [-0.39, 0.29) is 17.7 Å². The van der Waals surface area contributed by atoms with Crippen molar-refractivity contribution in [3.8, 4) is 5.75 Å². The van der Waals surface area contributed by atoms with Crippen LogP contribution >= 0.6 is 11.6 Å². The maximum Gasteiger partial charge on any atom is 0.344 e. The molecule has 0 saturated carbocycles. The fourth-order valence-corrected chi connectivity index (χ4v) is 2.40. The van der Waals surface area contributed by atoms with Crippen LogP contribution in [0, 0.1) is 6.92 Å². The second-order valence-corrected chi connectivity index (χ2v) is 6.39. The van der Waals surface area contributed by atoms with Gasteiger partial charge in [0, 0.05) is 6.20 Å². The minimum Gasteiger partial charge on any atom is -0.482 e. The molecule has 1 N–H and O–H groups in total. The van der Waals surface area contributed by atoms with E-state index in [1.54, 1.807) is 12.1 Å². The molecule has 1 amide bonds. The van der Waals surface area contributed by atoms with Gasteiger partial charge in [-0.1, -0.05) is 37.6 Å². The molecule has 1 aromatic heterocycles. The van der Waals surface area contributed by atoms with Crippen molar-refractivity contribution in [3.63, 3.8) is 0 Å². The fourth-order valence-electron chi connectivity index (χ4n) is 2.23. The van der Waals surface area contributed by atoms with Gasteiger partial charge in [-0.2, -0.15) is 0 Å². The zero-order valence-corrected chi connectivity index (χ0v) is 15.7. The number of nitrogens with zero attached hydrogens (tertiary/aromatic N) is 1. The van der Waals surface area contributed by atoms with Gasteiger partial charge in [0.15, 0.2) is 18.4 Å². The van der Waals surface area contributed by atoms with Crippen molar-refractivity contribution in [2.75, 3.05) is 18.5 Å². The summed E-state index contributed by atoms with van der Waals surface area (Å²) in [6.45, 7) is 5.33. The van der Waals surface area contributed by atoms with E-state index in [1.165, 1.54) is 6.20 Å². The number of ether oxygens (including phenoxy) is 2. The molecule has 0 aliphatic heterocycles. The first-order valence-corrected chi connectivity index (χ1v) is 8.54. The molecule has 0 spiro atoms. The normalized spacial score (nSPS) is 10.5. The fraction of sp³-hybridized carbons (Fsp3) is 0.316. The molecule has 0 fully saturated rings. The number of anilines is 1. The molecule has 1 heterocycles. The van der Waals surface area contributed by atoms with E-state index in [4.69, 9.17) is 21.1 Å². The molecular weight excluding hydrogens is 356 g/mol. The van der Waals surface area contributed by atoms with E-state index in [0.29, 0.717) is 11.4 Å². The van der Waals surface area contributed by atoms with E-state index >= 15 is 0 Å². The summed E-state index contributed by atoms with van der Waals surface area (Å²) in [4.78, 5) is 27.5. The van der Waals surface area contributed by atoms with Gasteiger partial charge in [0.1, 0.15) is 5.75 Å². The lowest BCUT2D eigenvalue weighted by atomic mass is 10.0. The number of carbonyl (C=O) groups is 2. The number of esters is 1. The molecule has 0 radical (unpaired) electrons. The first kappa shape index (κ1) is 19.7. The van der Waals surface area contributed by atoms with Crippen LogP contribution in [0.15, 0.2) is 36.5 Å². The first-order valence-electron chi connectivity index (χ1n) is 8.16. The summed E-state index contributed by atoms with van der Waals surface area (Å²) in [6, 6.07) is 9.08. The second-order valence-electron chi connectivity index (χ2n) is 6.04. The predicted molar refractivity (Wildman–Crippen MR) is 99.6 cm³/mol. The molecule has 0 saturated heterocycles. The van der Waals surface area contributed by atoms with Gasteiger partial charge in [0.25, 0.3) is 5.91 Å². The van der Waals surface area contributed by atoms with Crippen LogP contribution in [-0.2, 0) is 14.3 Å². The summed E-state index contributed by atoms with van der Waals surface area (Å²) in [7, 11) is 0. The lowest BCUT2D eigenvalue weighted by Crippen LogP contribution is -2.24. The highest BCUT2D eigenvalue weighted by Crippen LogP contribution is 2.27. The van der Waals surface area contributed by atoms with Crippen LogP contribution in [0.1, 0.15) is 30.9 Å². The van der Waals surface area contributed by atoms with Gasteiger partial charge in [-0.05, 0) is 42.2 Å². The lowest BCUT2D eigenvalue weighted by Gasteiger charge is -2.14. The Balaban J connectivity index is 1.83. The Morgan fingerprint density at radius 1 is 1.23 bits per heavy atom. The Morgan fingerprint density at radius 3 is 2.69 bits per heavy atom. The van der Waals surface area contributed by atoms with Crippen LogP contribution < -0.4 is 10.1 Å². The van der Waals surface area contributed by atoms with Gasteiger partial charge in [-0.25, -0.2) is 9.78 Å². The molecule has 6 nitrogen and oxygen atoms in total. The Bertz CT molecular complexity index is 793. The van der Waals surface area contributed by atoms with Crippen LogP contribution in [0.2, 0.25) is 5.15 Å². The first-order chi connectivity index (χ1) is 12.4. The number of nitrogens with one attached hydrogen (secondary N) is 1. The number of aryl methyl sites for hydroxylation is 1. The molecule has 26 heavy (non-hydrogen) atoms. The zero-order valence-electron chi connectivity index (χ0n) is 14.9. The highest BCUT2D eigenvalue weighted by Gasteiger charge is 2.13. The summed E-state index contributed by atoms with van der Waals surface area (Å²) >= 11 is 5.85. The van der Waals surface area contributed by atoms with Crippen LogP contribution in [0.3, 0.4) is 0 Å². The summed E-state index contributed by atoms with van der Waals surface area (Å²) in [6.07, 6.45) is 1.51. The summed E-state index contributed by atoms with van der Waals surface area (Å²) < 4.78 is 10.5. The number of halogens is 1. The van der Waals surface area contributed by atoms with Gasteiger partial charge in [-0.15, -0.1) is 0 Å². The van der Waals surface area contributed by atoms with Crippen molar-refractivity contribution in [1.29, 1.82) is 0 Å². The van der Waals surface area contributed by atoms with E-state index in [1.807, 2.05) is 39.0 Å². The monoisotopic (exact) mass is 376 g/mol. The number of rotatable bonds is 7. The van der Waals surface area contributed by atoms with Crippen LogP contribution in [0.5, 0.6) is 5.75 Å². The molecule has 0 atom stereocenters. The smallest absolute Gasteiger partial charge is 0.344 e. The third-order valence-corrected chi connectivity index (χ3v) is 3.84. The molecule has 2 aromatic rings. The van der Waals surface area contributed by atoms with Crippen LogP contribution in [0.4, 0.5) is 5.69 Å². The number of amides is 1. The number of hydrogen-bond acceptors (Lipinski definition) is 5. The predicted octanol–water partition coefficient (Wildman–Crippen LogP) is 3.73. The van der Waals surface area contributed by atoms with Crippen molar-refractivity contribution >= 4 is 29.2 Å². The average molecular weight is 377 g/mol. The van der Waals surface area contributed by atoms with Crippen molar-refractivity contribution in [2.45, 2.75) is 26.7 Å². The quantitative estimate of drug-likeness (QED) is 0.588. The molecule has 0 unspecified atom stereocenters. The Kier molecular flexibility index (Phi) is 6.97. The molecule has 138 valence electrons. The van der Waals surface area contributed by atoms with Crippen molar-refractivity contribution in [2.24, 2.45) is 0 Å². The highest BCUT2D eigenvalue weighted by molar-refractivity contribution is 6.32. The summed E-state index contributed by atoms with van der Waals surface area (Å²) in [5, 5.41) is 2.68. The van der Waals surface area contributed by atoms with Gasteiger partial charge >= 0.3 is 5.97 Å².